The summed E-state index contributed by atoms with van der Waals surface area (Å²) in [6.07, 6.45) is 74.4. The Morgan fingerprint density at radius 2 is 0.705 bits per heavy atom. The Bertz CT molecular complexity index is 1270. The Balaban J connectivity index is 3.64. The van der Waals surface area contributed by atoms with Crippen molar-refractivity contribution < 1.29 is 24.2 Å². The molecule has 0 aliphatic rings. The topological polar surface area (TPSA) is 72.8 Å². The van der Waals surface area contributed by atoms with Crippen LogP contribution in [0.1, 0.15) is 200 Å². The van der Waals surface area contributed by atoms with Gasteiger partial charge in [0, 0.05) is 12.8 Å². The summed E-state index contributed by atoms with van der Waals surface area (Å²) in [5.41, 5.74) is 0. The molecule has 61 heavy (non-hydrogen) atoms. The van der Waals surface area contributed by atoms with E-state index in [-0.39, 0.29) is 25.2 Å². The number of carbonyl (C=O) groups excluding carboxylic acids is 2. The van der Waals surface area contributed by atoms with Crippen molar-refractivity contribution >= 4 is 11.9 Å². The summed E-state index contributed by atoms with van der Waals surface area (Å²) in [5, 5.41) is 9.57. The van der Waals surface area contributed by atoms with Gasteiger partial charge >= 0.3 is 11.9 Å². The summed E-state index contributed by atoms with van der Waals surface area (Å²) >= 11 is 0. The summed E-state index contributed by atoms with van der Waals surface area (Å²) in [6.45, 7) is 3.98. The van der Waals surface area contributed by atoms with Gasteiger partial charge in [-0.25, -0.2) is 0 Å². The standard InChI is InChI=1S/C56H90O5/c1-3-5-7-9-11-13-15-16-17-18-19-20-21-22-23-24-25-26-27-28-29-30-31-32-33-34-35-36-37-38-39-40-41-43-45-47-49-51-56(59)61-54(52-57)53-60-55(58)50-48-46-44-42-14-12-10-8-6-4-2/h5,7,11,13,16-17,19-20,22-23,25-26,28-29,31-32,34-35,37-38,54,57H,3-4,6,8-10,12,14-15,18,21,24,27,30,33,36,39-53H2,1-2H3/b7-5-,13-11-,17-16-,20-19-,23-22-,26-25-,29-28-,32-31-,35-34-,38-37-. The van der Waals surface area contributed by atoms with Gasteiger partial charge in [0.1, 0.15) is 6.61 Å². The molecular weight excluding hydrogens is 753 g/mol. The van der Waals surface area contributed by atoms with Gasteiger partial charge in [-0.2, -0.15) is 0 Å². The monoisotopic (exact) mass is 843 g/mol. The lowest BCUT2D eigenvalue weighted by atomic mass is 10.1. The molecule has 0 bridgehead atoms. The van der Waals surface area contributed by atoms with Crippen LogP contribution < -0.4 is 0 Å². The first-order chi connectivity index (χ1) is 30.1. The van der Waals surface area contributed by atoms with Crippen LogP contribution in [-0.2, 0) is 19.1 Å². The van der Waals surface area contributed by atoms with Crippen LogP contribution in [0.2, 0.25) is 0 Å². The molecule has 0 aliphatic heterocycles. The smallest absolute Gasteiger partial charge is 0.306 e. The third-order valence-electron chi connectivity index (χ3n) is 10.0. The number of unbranched alkanes of at least 4 members (excludes halogenated alkanes) is 15. The lowest BCUT2D eigenvalue weighted by Crippen LogP contribution is -2.28. The van der Waals surface area contributed by atoms with E-state index in [1.165, 1.54) is 64.2 Å². The summed E-state index contributed by atoms with van der Waals surface area (Å²) in [4.78, 5) is 24.3. The summed E-state index contributed by atoms with van der Waals surface area (Å²) in [7, 11) is 0. The molecule has 0 aliphatic carbocycles. The molecule has 0 spiro atoms. The summed E-state index contributed by atoms with van der Waals surface area (Å²) in [5.74, 6) is -0.617. The lowest BCUT2D eigenvalue weighted by Gasteiger charge is -2.15. The molecule has 0 heterocycles. The minimum atomic E-state index is -0.784. The molecule has 0 rings (SSSR count). The molecule has 0 radical (unpaired) electrons. The van der Waals surface area contributed by atoms with Crippen LogP contribution in [0.4, 0.5) is 0 Å². The van der Waals surface area contributed by atoms with Crippen molar-refractivity contribution in [1.82, 2.24) is 0 Å². The van der Waals surface area contributed by atoms with E-state index in [1.54, 1.807) is 0 Å². The fraction of sp³-hybridized carbons (Fsp3) is 0.607. The minimum absolute atomic E-state index is 0.0767. The van der Waals surface area contributed by atoms with Gasteiger partial charge in [0.2, 0.25) is 0 Å². The van der Waals surface area contributed by atoms with Crippen molar-refractivity contribution in [3.63, 3.8) is 0 Å². The third kappa shape index (κ3) is 48.8. The van der Waals surface area contributed by atoms with Crippen LogP contribution in [0.5, 0.6) is 0 Å². The second kappa shape index (κ2) is 50.7. The number of hydrogen-bond donors (Lipinski definition) is 1. The first-order valence-corrected chi connectivity index (χ1v) is 24.6. The second-order valence-corrected chi connectivity index (χ2v) is 15.8. The van der Waals surface area contributed by atoms with Crippen LogP contribution in [0.15, 0.2) is 122 Å². The fourth-order valence-electron chi connectivity index (χ4n) is 6.35. The Morgan fingerprint density at radius 3 is 1.07 bits per heavy atom. The van der Waals surface area contributed by atoms with Crippen LogP contribution in [-0.4, -0.2) is 36.4 Å². The molecule has 344 valence electrons. The number of ether oxygens (including phenoxy) is 2. The zero-order chi connectivity index (χ0) is 44.2. The van der Waals surface area contributed by atoms with Gasteiger partial charge in [-0.15, -0.1) is 0 Å². The van der Waals surface area contributed by atoms with Crippen molar-refractivity contribution in [2.24, 2.45) is 0 Å². The van der Waals surface area contributed by atoms with Crippen molar-refractivity contribution in [2.75, 3.05) is 13.2 Å². The maximum absolute atomic E-state index is 12.2. The Kier molecular flexibility index (Phi) is 47.6. The van der Waals surface area contributed by atoms with Gasteiger partial charge in [0.15, 0.2) is 6.10 Å². The SMILES string of the molecule is CC/C=C\C/C=C\C/C=C\C/C=C\C/C=C\C/C=C\C/C=C\C/C=C\C/C=C\C/C=C\CCCCCCCCC(=O)OC(CO)COC(=O)CCCCCCCCCCCC. The quantitative estimate of drug-likeness (QED) is 0.0376. The third-order valence-corrected chi connectivity index (χ3v) is 10.0. The second-order valence-electron chi connectivity index (χ2n) is 15.8. The Hall–Kier alpha value is -3.70. The predicted octanol–water partition coefficient (Wildman–Crippen LogP) is 16.3. The van der Waals surface area contributed by atoms with E-state index in [4.69, 9.17) is 9.47 Å². The van der Waals surface area contributed by atoms with E-state index >= 15 is 0 Å². The largest absolute Gasteiger partial charge is 0.462 e. The molecule has 0 aromatic heterocycles. The normalized spacial score (nSPS) is 13.3. The first kappa shape index (κ1) is 57.3. The average Bonchev–Trinajstić information content (AvgIpc) is 3.26. The highest BCUT2D eigenvalue weighted by atomic mass is 16.6. The first-order valence-electron chi connectivity index (χ1n) is 24.6. The molecule has 0 fully saturated rings. The number of esters is 2. The van der Waals surface area contributed by atoms with Crippen molar-refractivity contribution in [3.8, 4) is 0 Å². The molecule has 1 unspecified atom stereocenters. The molecular formula is C56H90O5. The van der Waals surface area contributed by atoms with Gasteiger partial charge in [-0.05, 0) is 89.9 Å². The van der Waals surface area contributed by atoms with E-state index < -0.39 is 6.10 Å². The van der Waals surface area contributed by atoms with E-state index in [1.807, 2.05) is 0 Å². The number of carbonyl (C=O) groups is 2. The molecule has 0 amide bonds. The zero-order valence-corrected chi connectivity index (χ0v) is 39.1. The summed E-state index contributed by atoms with van der Waals surface area (Å²) < 4.78 is 10.6. The van der Waals surface area contributed by atoms with Crippen LogP contribution in [0, 0.1) is 0 Å². The van der Waals surface area contributed by atoms with Gasteiger partial charge in [-0.3, -0.25) is 9.59 Å². The molecule has 5 heteroatoms. The van der Waals surface area contributed by atoms with Gasteiger partial charge in [0.05, 0.1) is 6.61 Å². The lowest BCUT2D eigenvalue weighted by molar-refractivity contribution is -0.161. The molecule has 5 nitrogen and oxygen atoms in total. The maximum atomic E-state index is 12.2. The number of aliphatic hydroxyl groups excluding tert-OH is 1. The van der Waals surface area contributed by atoms with Gasteiger partial charge in [0.25, 0.3) is 0 Å². The summed E-state index contributed by atoms with van der Waals surface area (Å²) in [6, 6.07) is 0. The predicted molar refractivity (Wildman–Crippen MR) is 265 cm³/mol. The van der Waals surface area contributed by atoms with Crippen molar-refractivity contribution in [3.05, 3.63) is 122 Å². The van der Waals surface area contributed by atoms with E-state index in [0.29, 0.717) is 12.8 Å². The van der Waals surface area contributed by atoms with Gasteiger partial charge in [-0.1, -0.05) is 219 Å². The number of hydrogen-bond acceptors (Lipinski definition) is 5. The molecule has 0 saturated carbocycles. The molecule has 1 atom stereocenters. The average molecular weight is 843 g/mol. The van der Waals surface area contributed by atoms with E-state index in [9.17, 15) is 14.7 Å². The van der Waals surface area contributed by atoms with E-state index in [0.717, 1.165) is 109 Å². The highest BCUT2D eigenvalue weighted by Crippen LogP contribution is 2.13. The van der Waals surface area contributed by atoms with Crippen molar-refractivity contribution in [1.29, 1.82) is 0 Å². The Labute approximate surface area is 375 Å². The molecule has 1 N–H and O–H groups in total. The van der Waals surface area contributed by atoms with Gasteiger partial charge < -0.3 is 14.6 Å². The number of rotatable bonds is 43. The molecule has 0 saturated heterocycles. The fourth-order valence-corrected chi connectivity index (χ4v) is 6.35. The van der Waals surface area contributed by atoms with Crippen LogP contribution in [0.25, 0.3) is 0 Å². The van der Waals surface area contributed by atoms with Crippen LogP contribution in [0.3, 0.4) is 0 Å². The van der Waals surface area contributed by atoms with Crippen molar-refractivity contribution in [2.45, 2.75) is 206 Å². The highest BCUT2D eigenvalue weighted by molar-refractivity contribution is 5.70. The highest BCUT2D eigenvalue weighted by Gasteiger charge is 2.16. The number of allylic oxidation sites excluding steroid dienone is 20. The minimum Gasteiger partial charge on any atom is -0.462 e. The Morgan fingerprint density at radius 1 is 0.393 bits per heavy atom. The van der Waals surface area contributed by atoms with Crippen LogP contribution >= 0.6 is 0 Å². The van der Waals surface area contributed by atoms with E-state index in [2.05, 4.69) is 135 Å². The molecule has 0 aromatic carbocycles. The zero-order valence-electron chi connectivity index (χ0n) is 39.1. The number of aliphatic hydroxyl groups is 1. The molecule has 0 aromatic rings. The maximum Gasteiger partial charge on any atom is 0.306 e.